The molecule has 0 spiro atoms. The molecule has 152 valence electrons. The second-order valence-electron chi connectivity index (χ2n) is 6.82. The van der Waals surface area contributed by atoms with Gasteiger partial charge in [0.1, 0.15) is 17.4 Å². The number of carbonyl (C=O) groups is 1. The highest BCUT2D eigenvalue weighted by molar-refractivity contribution is 7.99. The van der Waals surface area contributed by atoms with Gasteiger partial charge in [-0.05, 0) is 36.4 Å². The zero-order valence-electron chi connectivity index (χ0n) is 15.6. The van der Waals surface area contributed by atoms with Crippen LogP contribution in [0.4, 0.5) is 4.39 Å². The number of benzene rings is 2. The lowest BCUT2D eigenvalue weighted by molar-refractivity contribution is -0.132. The molecule has 0 bridgehead atoms. The summed E-state index contributed by atoms with van der Waals surface area (Å²) in [5.41, 5.74) is 0.360. The predicted molar refractivity (Wildman–Crippen MR) is 117 cm³/mol. The number of thioether (sulfide) groups is 1. The first-order chi connectivity index (χ1) is 14.1. The van der Waals surface area contributed by atoms with E-state index in [1.165, 1.54) is 17.4 Å². The molecule has 1 aliphatic heterocycles. The fraction of sp³-hybridized carbons (Fsp3) is 0.333. The number of aromatic nitrogens is 1. The predicted octanol–water partition coefficient (Wildman–Crippen LogP) is 5.64. The zero-order valence-corrected chi connectivity index (χ0v) is 18.0. The van der Waals surface area contributed by atoms with E-state index in [1.807, 2.05) is 35.2 Å². The average Bonchev–Trinajstić information content (AvgIpc) is 3.14. The Balaban J connectivity index is 1.22. The van der Waals surface area contributed by atoms with Crippen molar-refractivity contribution >= 4 is 50.8 Å². The van der Waals surface area contributed by atoms with E-state index in [2.05, 4.69) is 4.98 Å². The number of thiazole rings is 1. The maximum atomic E-state index is 13.8. The average molecular weight is 451 g/mol. The highest BCUT2D eigenvalue weighted by Gasteiger charge is 2.24. The molecule has 1 amide bonds. The molecule has 3 aromatic rings. The topological polar surface area (TPSA) is 42.4 Å². The molecule has 0 atom stereocenters. The third kappa shape index (κ3) is 5.21. The first-order valence-corrected chi connectivity index (χ1v) is 11.6. The number of piperidine rings is 1. The lowest BCUT2D eigenvalue weighted by Crippen LogP contribution is -2.41. The van der Waals surface area contributed by atoms with Gasteiger partial charge in [-0.1, -0.05) is 29.0 Å². The normalized spacial score (nSPS) is 15.0. The Morgan fingerprint density at radius 2 is 2.00 bits per heavy atom. The summed E-state index contributed by atoms with van der Waals surface area (Å²) in [6.45, 7) is 1.35. The van der Waals surface area contributed by atoms with Gasteiger partial charge in [0.25, 0.3) is 5.19 Å². The van der Waals surface area contributed by atoms with Gasteiger partial charge in [-0.2, -0.15) is 4.98 Å². The molecule has 0 saturated carbocycles. The van der Waals surface area contributed by atoms with E-state index in [-0.39, 0.29) is 17.8 Å². The second-order valence-corrected chi connectivity index (χ2v) is 9.41. The summed E-state index contributed by atoms with van der Waals surface area (Å²) in [7, 11) is 0. The Hall–Kier alpha value is -1.83. The monoisotopic (exact) mass is 450 g/mol. The van der Waals surface area contributed by atoms with E-state index in [0.29, 0.717) is 35.2 Å². The van der Waals surface area contributed by atoms with Crippen LogP contribution in [-0.4, -0.2) is 40.7 Å². The lowest BCUT2D eigenvalue weighted by Gasteiger charge is -2.31. The van der Waals surface area contributed by atoms with E-state index >= 15 is 0 Å². The minimum absolute atomic E-state index is 0.00566. The van der Waals surface area contributed by atoms with Crippen molar-refractivity contribution in [2.45, 2.75) is 30.3 Å². The van der Waals surface area contributed by atoms with Crippen LogP contribution >= 0.6 is 34.7 Å². The summed E-state index contributed by atoms with van der Waals surface area (Å²) in [6, 6.07) is 12.6. The number of para-hydroxylation sites is 1. The van der Waals surface area contributed by atoms with Crippen LogP contribution in [0.2, 0.25) is 5.02 Å². The third-order valence-corrected chi connectivity index (χ3v) is 6.99. The SMILES string of the molecule is O=C(CCSc1ccc(Cl)cc1)N1CCC(Oc2nc3c(F)cccc3s2)CC1. The number of rotatable bonds is 6. The van der Waals surface area contributed by atoms with Crippen LogP contribution in [0.1, 0.15) is 19.3 Å². The van der Waals surface area contributed by atoms with Crippen LogP contribution < -0.4 is 4.74 Å². The second kappa shape index (κ2) is 9.32. The number of carbonyl (C=O) groups excluding carboxylic acids is 1. The van der Waals surface area contributed by atoms with Crippen LogP contribution in [-0.2, 0) is 4.79 Å². The van der Waals surface area contributed by atoms with Gasteiger partial charge in [-0.15, -0.1) is 11.8 Å². The number of hydrogen-bond acceptors (Lipinski definition) is 5. The molecule has 1 aliphatic rings. The summed E-state index contributed by atoms with van der Waals surface area (Å²) in [5, 5.41) is 1.21. The Bertz CT molecular complexity index is 988. The minimum atomic E-state index is -0.328. The number of likely N-dealkylation sites (tertiary alicyclic amines) is 1. The largest absolute Gasteiger partial charge is 0.467 e. The van der Waals surface area contributed by atoms with Gasteiger partial charge in [0.15, 0.2) is 0 Å². The first kappa shape index (κ1) is 20.4. The fourth-order valence-electron chi connectivity index (χ4n) is 3.26. The van der Waals surface area contributed by atoms with E-state index in [0.717, 1.165) is 28.2 Å². The maximum Gasteiger partial charge on any atom is 0.274 e. The van der Waals surface area contributed by atoms with Crippen molar-refractivity contribution in [3.8, 4) is 5.19 Å². The maximum absolute atomic E-state index is 13.8. The molecule has 0 N–H and O–H groups in total. The van der Waals surface area contributed by atoms with Crippen LogP contribution in [0.25, 0.3) is 10.2 Å². The van der Waals surface area contributed by atoms with Crippen molar-refractivity contribution in [1.29, 1.82) is 0 Å². The van der Waals surface area contributed by atoms with Gasteiger partial charge in [0.2, 0.25) is 5.91 Å². The summed E-state index contributed by atoms with van der Waals surface area (Å²) in [6.07, 6.45) is 2.03. The summed E-state index contributed by atoms with van der Waals surface area (Å²) in [5.74, 6) is 0.589. The molecule has 8 heteroatoms. The van der Waals surface area contributed by atoms with Crippen LogP contribution in [0, 0.1) is 5.82 Å². The van der Waals surface area contributed by atoms with Crippen molar-refractivity contribution in [1.82, 2.24) is 9.88 Å². The minimum Gasteiger partial charge on any atom is -0.467 e. The first-order valence-electron chi connectivity index (χ1n) is 9.46. The van der Waals surface area contributed by atoms with E-state index in [1.54, 1.807) is 17.8 Å². The molecule has 0 radical (unpaired) electrons. The third-order valence-electron chi connectivity index (χ3n) is 4.81. The molecule has 1 fully saturated rings. The molecule has 2 aromatic carbocycles. The molecule has 2 heterocycles. The van der Waals surface area contributed by atoms with Crippen LogP contribution in [0.3, 0.4) is 0 Å². The van der Waals surface area contributed by atoms with Gasteiger partial charge in [-0.25, -0.2) is 4.39 Å². The number of fused-ring (bicyclic) bond motifs is 1. The van der Waals surface area contributed by atoms with Gasteiger partial charge in [0.05, 0.1) is 4.70 Å². The Labute approximate surface area is 182 Å². The molecule has 29 heavy (non-hydrogen) atoms. The van der Waals surface area contributed by atoms with Crippen LogP contribution in [0.5, 0.6) is 5.19 Å². The Morgan fingerprint density at radius 3 is 2.72 bits per heavy atom. The highest BCUT2D eigenvalue weighted by atomic mass is 35.5. The Morgan fingerprint density at radius 1 is 1.24 bits per heavy atom. The number of nitrogens with zero attached hydrogens (tertiary/aromatic N) is 2. The van der Waals surface area contributed by atoms with E-state index in [4.69, 9.17) is 16.3 Å². The molecule has 1 saturated heterocycles. The summed E-state index contributed by atoms with van der Waals surface area (Å²) >= 11 is 8.90. The number of halogens is 2. The highest BCUT2D eigenvalue weighted by Crippen LogP contribution is 2.31. The van der Waals surface area contributed by atoms with Gasteiger partial charge < -0.3 is 9.64 Å². The van der Waals surface area contributed by atoms with E-state index in [9.17, 15) is 9.18 Å². The van der Waals surface area contributed by atoms with Crippen molar-refractivity contribution in [2.24, 2.45) is 0 Å². The number of amides is 1. The smallest absolute Gasteiger partial charge is 0.274 e. The summed E-state index contributed by atoms with van der Waals surface area (Å²) in [4.78, 5) is 19.7. The molecular weight excluding hydrogens is 431 g/mol. The van der Waals surface area contributed by atoms with Crippen molar-refractivity contribution in [3.05, 3.63) is 53.3 Å². The zero-order chi connectivity index (χ0) is 20.2. The molecule has 4 rings (SSSR count). The lowest BCUT2D eigenvalue weighted by atomic mass is 10.1. The number of ether oxygens (including phenoxy) is 1. The van der Waals surface area contributed by atoms with E-state index < -0.39 is 0 Å². The Kier molecular flexibility index (Phi) is 6.57. The van der Waals surface area contributed by atoms with Gasteiger partial charge >= 0.3 is 0 Å². The van der Waals surface area contributed by atoms with Crippen molar-refractivity contribution < 1.29 is 13.9 Å². The van der Waals surface area contributed by atoms with Gasteiger partial charge in [0, 0.05) is 48.0 Å². The quantitative estimate of drug-likeness (QED) is 0.456. The molecular formula is C21H20ClFN2O2S2. The van der Waals surface area contributed by atoms with Crippen LogP contribution in [0.15, 0.2) is 47.4 Å². The fourth-order valence-corrected chi connectivity index (χ4v) is 5.12. The molecule has 1 aromatic heterocycles. The molecule has 0 unspecified atom stereocenters. The molecule has 4 nitrogen and oxygen atoms in total. The van der Waals surface area contributed by atoms with Gasteiger partial charge in [-0.3, -0.25) is 4.79 Å². The summed E-state index contributed by atoms with van der Waals surface area (Å²) < 4.78 is 20.5. The van der Waals surface area contributed by atoms with Crippen molar-refractivity contribution in [2.75, 3.05) is 18.8 Å². The van der Waals surface area contributed by atoms with Crippen molar-refractivity contribution in [3.63, 3.8) is 0 Å². The molecule has 0 aliphatic carbocycles. The standard InChI is InChI=1S/C21H20ClFN2O2S2/c22-14-4-6-16(7-5-14)28-13-10-19(26)25-11-8-15(9-12-25)27-21-24-20-17(23)2-1-3-18(20)29-21/h1-7,15H,8-13H2. The number of hydrogen-bond donors (Lipinski definition) is 0.